The maximum Gasteiger partial charge on any atom is 0.144 e. The first kappa shape index (κ1) is 19.5. The van der Waals surface area contributed by atoms with E-state index in [9.17, 15) is 5.11 Å². The van der Waals surface area contributed by atoms with Crippen molar-refractivity contribution in [1.82, 2.24) is 0 Å². The number of hydrogen-bond acceptors (Lipinski definition) is 2. The lowest BCUT2D eigenvalue weighted by Gasteiger charge is -2.43. The molecule has 2 unspecified atom stereocenters. The minimum Gasteiger partial charge on any atom is -0.390 e. The average Bonchev–Trinajstić information content (AvgIpc) is 3.66. The van der Waals surface area contributed by atoms with Gasteiger partial charge in [0.2, 0.25) is 0 Å². The van der Waals surface area contributed by atoms with Crippen LogP contribution in [0.3, 0.4) is 0 Å². The van der Waals surface area contributed by atoms with Crippen LogP contribution < -0.4 is 0 Å². The van der Waals surface area contributed by atoms with E-state index in [1.807, 2.05) is 18.2 Å². The van der Waals surface area contributed by atoms with Crippen LogP contribution in [0.1, 0.15) is 48.8 Å². The van der Waals surface area contributed by atoms with Crippen molar-refractivity contribution >= 4 is 0 Å². The molecule has 154 valence electrons. The van der Waals surface area contributed by atoms with Gasteiger partial charge in [0.1, 0.15) is 5.60 Å². The van der Waals surface area contributed by atoms with Gasteiger partial charge < -0.3 is 9.84 Å². The summed E-state index contributed by atoms with van der Waals surface area (Å²) in [5.74, 6) is 1.06. The van der Waals surface area contributed by atoms with Gasteiger partial charge in [0.25, 0.3) is 0 Å². The number of hydrogen-bond donors (Lipinski definition) is 1. The van der Waals surface area contributed by atoms with Crippen molar-refractivity contribution < 1.29 is 9.84 Å². The quantitative estimate of drug-likeness (QED) is 0.521. The molecule has 3 atom stereocenters. The number of aliphatic hydroxyl groups is 1. The first-order valence-corrected chi connectivity index (χ1v) is 11.3. The van der Waals surface area contributed by atoms with E-state index < -0.39 is 11.7 Å². The Morgan fingerprint density at radius 1 is 0.633 bits per heavy atom. The Morgan fingerprint density at radius 2 is 1.10 bits per heavy atom. The van der Waals surface area contributed by atoms with E-state index in [1.165, 1.54) is 12.8 Å². The molecule has 0 aromatic heterocycles. The van der Waals surface area contributed by atoms with E-state index in [4.69, 9.17) is 4.74 Å². The van der Waals surface area contributed by atoms with Gasteiger partial charge in [-0.3, -0.25) is 0 Å². The van der Waals surface area contributed by atoms with Crippen molar-refractivity contribution in [3.8, 4) is 0 Å². The van der Waals surface area contributed by atoms with Crippen LogP contribution in [0.25, 0.3) is 0 Å². The maximum absolute atomic E-state index is 11.3. The van der Waals surface area contributed by atoms with Gasteiger partial charge in [-0.15, -0.1) is 0 Å². The van der Waals surface area contributed by atoms with Gasteiger partial charge in [-0.25, -0.2) is 0 Å². The summed E-state index contributed by atoms with van der Waals surface area (Å²) in [6.45, 7) is 0. The molecule has 2 aliphatic carbocycles. The molecule has 2 nitrogen and oxygen atoms in total. The highest BCUT2D eigenvalue weighted by molar-refractivity contribution is 5.47. The van der Waals surface area contributed by atoms with Gasteiger partial charge in [-0.1, -0.05) is 97.4 Å². The standard InChI is InChI=1S/C28H30O2/c29-27-25(21-19-20-21)17-10-18-26(27)30-28(22-11-4-1-5-12-22,23-13-6-2-7-14-23)24-15-8-3-9-16-24/h1-9,11-16,21,25-27,29H,10,17-20H2/t25-,26?,27?/m1/s1. The van der Waals surface area contributed by atoms with E-state index in [0.717, 1.165) is 36.0 Å². The molecule has 3 aromatic carbocycles. The zero-order valence-corrected chi connectivity index (χ0v) is 17.4. The van der Waals surface area contributed by atoms with Gasteiger partial charge in [0.05, 0.1) is 12.2 Å². The van der Waals surface area contributed by atoms with Crippen LogP contribution in [0, 0.1) is 11.8 Å². The summed E-state index contributed by atoms with van der Waals surface area (Å²) in [5.41, 5.74) is 2.55. The summed E-state index contributed by atoms with van der Waals surface area (Å²) in [5, 5.41) is 11.3. The van der Waals surface area contributed by atoms with Gasteiger partial charge >= 0.3 is 0 Å². The molecule has 5 rings (SSSR count). The predicted molar refractivity (Wildman–Crippen MR) is 120 cm³/mol. The number of rotatable bonds is 6. The van der Waals surface area contributed by atoms with Crippen LogP contribution in [-0.2, 0) is 10.3 Å². The van der Waals surface area contributed by atoms with Crippen LogP contribution in [0.5, 0.6) is 0 Å². The Balaban J connectivity index is 1.64. The average molecular weight is 399 g/mol. The molecule has 0 bridgehead atoms. The fourth-order valence-corrected chi connectivity index (χ4v) is 5.29. The van der Waals surface area contributed by atoms with Crippen molar-refractivity contribution in [3.05, 3.63) is 108 Å². The Morgan fingerprint density at radius 3 is 1.53 bits per heavy atom. The van der Waals surface area contributed by atoms with Crippen LogP contribution in [0.4, 0.5) is 0 Å². The topological polar surface area (TPSA) is 29.5 Å². The van der Waals surface area contributed by atoms with Crippen molar-refractivity contribution in [3.63, 3.8) is 0 Å². The highest BCUT2D eigenvalue weighted by Gasteiger charge is 2.46. The molecular formula is C28H30O2. The third-order valence-corrected chi connectivity index (χ3v) is 6.94. The van der Waals surface area contributed by atoms with E-state index in [0.29, 0.717) is 11.8 Å². The van der Waals surface area contributed by atoms with Crippen LogP contribution in [0.15, 0.2) is 91.0 Å². The van der Waals surface area contributed by atoms with Gasteiger partial charge in [-0.2, -0.15) is 0 Å². The predicted octanol–water partition coefficient (Wildman–Crippen LogP) is 5.93. The monoisotopic (exact) mass is 398 g/mol. The number of aliphatic hydroxyl groups excluding tert-OH is 1. The van der Waals surface area contributed by atoms with Crippen molar-refractivity contribution in [2.24, 2.45) is 11.8 Å². The van der Waals surface area contributed by atoms with Gasteiger partial charge in [-0.05, 0) is 54.2 Å². The molecule has 0 radical (unpaired) electrons. The first-order valence-electron chi connectivity index (χ1n) is 11.3. The van der Waals surface area contributed by atoms with Crippen LogP contribution >= 0.6 is 0 Å². The lowest BCUT2D eigenvalue weighted by molar-refractivity contribution is -0.137. The minimum absolute atomic E-state index is 0.176. The molecule has 3 aromatic rings. The number of benzene rings is 3. The van der Waals surface area contributed by atoms with Crippen molar-refractivity contribution in [2.45, 2.75) is 49.9 Å². The molecule has 0 spiro atoms. The molecule has 2 fully saturated rings. The summed E-state index contributed by atoms with van der Waals surface area (Å²) >= 11 is 0. The lowest BCUT2D eigenvalue weighted by atomic mass is 9.77. The second-order valence-electron chi connectivity index (χ2n) is 8.86. The van der Waals surface area contributed by atoms with Gasteiger partial charge in [0, 0.05) is 0 Å². The third kappa shape index (κ3) is 3.59. The molecule has 0 saturated heterocycles. The number of ether oxygens (including phenoxy) is 1. The highest BCUT2D eigenvalue weighted by atomic mass is 16.5. The van der Waals surface area contributed by atoms with E-state index in [2.05, 4.69) is 72.8 Å². The molecular weight excluding hydrogens is 368 g/mol. The summed E-state index contributed by atoms with van der Waals surface area (Å²) in [6, 6.07) is 31.5. The smallest absolute Gasteiger partial charge is 0.144 e. The van der Waals surface area contributed by atoms with E-state index in [1.54, 1.807) is 0 Å². The third-order valence-electron chi connectivity index (χ3n) is 6.94. The van der Waals surface area contributed by atoms with E-state index in [-0.39, 0.29) is 6.10 Å². The zero-order chi connectivity index (χ0) is 20.4. The fraction of sp³-hybridized carbons (Fsp3) is 0.357. The van der Waals surface area contributed by atoms with Crippen LogP contribution in [0.2, 0.25) is 0 Å². The summed E-state index contributed by atoms with van der Waals surface area (Å²) < 4.78 is 7.11. The summed E-state index contributed by atoms with van der Waals surface area (Å²) in [6.07, 6.45) is 5.09. The molecule has 0 amide bonds. The minimum atomic E-state index is -0.749. The lowest BCUT2D eigenvalue weighted by Crippen LogP contribution is -2.46. The second kappa shape index (κ2) is 8.37. The Bertz CT molecular complexity index is 837. The Hall–Kier alpha value is -2.42. The normalized spacial score (nSPS) is 24.5. The summed E-state index contributed by atoms with van der Waals surface area (Å²) in [4.78, 5) is 0. The van der Waals surface area contributed by atoms with E-state index >= 15 is 0 Å². The van der Waals surface area contributed by atoms with Crippen LogP contribution in [-0.4, -0.2) is 17.3 Å². The molecule has 0 heterocycles. The molecule has 30 heavy (non-hydrogen) atoms. The molecule has 2 heteroatoms. The Kier molecular flexibility index (Phi) is 5.45. The van der Waals surface area contributed by atoms with Gasteiger partial charge in [0.15, 0.2) is 0 Å². The SMILES string of the molecule is OC1C(OC(c2ccccc2)(c2ccccc2)c2ccccc2)CCC[C@@H]1C1CC1. The zero-order valence-electron chi connectivity index (χ0n) is 17.4. The fourth-order valence-electron chi connectivity index (χ4n) is 5.29. The van der Waals surface area contributed by atoms with Crippen molar-refractivity contribution in [1.29, 1.82) is 0 Å². The van der Waals surface area contributed by atoms with Crippen molar-refractivity contribution in [2.75, 3.05) is 0 Å². The molecule has 0 aliphatic heterocycles. The molecule has 2 saturated carbocycles. The molecule has 1 N–H and O–H groups in total. The first-order chi connectivity index (χ1) is 14.8. The largest absolute Gasteiger partial charge is 0.390 e. The molecule has 2 aliphatic rings. The second-order valence-corrected chi connectivity index (χ2v) is 8.86. The summed E-state index contributed by atoms with van der Waals surface area (Å²) in [7, 11) is 0. The highest BCUT2D eigenvalue weighted by Crippen LogP contribution is 2.48. The Labute approximate surface area is 179 Å². The maximum atomic E-state index is 11.3.